The zero-order valence-corrected chi connectivity index (χ0v) is 18.6. The van der Waals surface area contributed by atoms with Crippen LogP contribution in [0.1, 0.15) is 5.69 Å². The van der Waals surface area contributed by atoms with Crippen molar-refractivity contribution in [3.8, 4) is 21.9 Å². The third kappa shape index (κ3) is 2.94. The number of hydrogen-bond donors (Lipinski definition) is 1. The summed E-state index contributed by atoms with van der Waals surface area (Å²) in [6.45, 7) is 1.85. The van der Waals surface area contributed by atoms with E-state index in [2.05, 4.69) is 15.1 Å². The molecule has 5 rings (SSSR count). The normalized spacial score (nSPS) is 11.5. The molecule has 0 saturated carbocycles. The summed E-state index contributed by atoms with van der Waals surface area (Å²) in [7, 11) is 3.13. The Bertz CT molecular complexity index is 1670. The fourth-order valence-corrected chi connectivity index (χ4v) is 5.07. The number of benzene rings is 1. The van der Waals surface area contributed by atoms with Crippen molar-refractivity contribution in [2.24, 2.45) is 7.05 Å². The third-order valence-electron chi connectivity index (χ3n) is 5.33. The molecule has 0 spiro atoms. The highest BCUT2D eigenvalue weighted by atomic mass is 35.5. The maximum Gasteiger partial charge on any atom is 0.333 e. The molecular formula is C21H15ClFN5O3S. The summed E-state index contributed by atoms with van der Waals surface area (Å²) in [4.78, 5) is 33.8. The highest BCUT2D eigenvalue weighted by Gasteiger charge is 2.20. The minimum absolute atomic E-state index is 0.0255. The van der Waals surface area contributed by atoms with Crippen LogP contribution in [0.25, 0.3) is 37.2 Å². The molecular weight excluding hydrogens is 457 g/mol. The first-order valence-electron chi connectivity index (χ1n) is 9.40. The van der Waals surface area contributed by atoms with E-state index < -0.39 is 17.1 Å². The lowest BCUT2D eigenvalue weighted by molar-refractivity contribution is 0.387. The highest BCUT2D eigenvalue weighted by Crippen LogP contribution is 2.38. The van der Waals surface area contributed by atoms with Gasteiger partial charge in [0.05, 0.1) is 41.1 Å². The van der Waals surface area contributed by atoms with Crippen LogP contribution in [-0.4, -0.2) is 31.4 Å². The van der Waals surface area contributed by atoms with Crippen LogP contribution in [0.2, 0.25) is 5.02 Å². The number of halogens is 2. The van der Waals surface area contributed by atoms with E-state index >= 15 is 0 Å². The molecule has 32 heavy (non-hydrogen) atoms. The fraction of sp³-hybridized carbons (Fsp3) is 0.143. The van der Waals surface area contributed by atoms with Crippen molar-refractivity contribution in [3.05, 3.63) is 68.0 Å². The van der Waals surface area contributed by atoms with E-state index in [1.807, 2.05) is 6.92 Å². The van der Waals surface area contributed by atoms with Crippen LogP contribution in [0.15, 0.2) is 40.2 Å². The fourth-order valence-electron chi connectivity index (χ4n) is 3.69. The van der Waals surface area contributed by atoms with Gasteiger partial charge in [0.25, 0.3) is 5.56 Å². The predicted octanol–water partition coefficient (Wildman–Crippen LogP) is 3.80. The van der Waals surface area contributed by atoms with Crippen molar-refractivity contribution < 1.29 is 9.13 Å². The lowest BCUT2D eigenvalue weighted by Crippen LogP contribution is -2.33. The van der Waals surface area contributed by atoms with Gasteiger partial charge in [-0.25, -0.2) is 13.8 Å². The Labute approximate surface area is 188 Å². The van der Waals surface area contributed by atoms with Crippen LogP contribution in [0.3, 0.4) is 0 Å². The first-order valence-corrected chi connectivity index (χ1v) is 10.6. The SMILES string of the molecule is COc1cc(-c2cc3[nH]c(=O)n(-c4cncc5nn(C)c(C)c45)c(=O)c3s2)c(Cl)cc1F. The van der Waals surface area contributed by atoms with Gasteiger partial charge in [-0.05, 0) is 25.1 Å². The monoisotopic (exact) mass is 471 g/mol. The van der Waals surface area contributed by atoms with Crippen LogP contribution in [0, 0.1) is 12.7 Å². The highest BCUT2D eigenvalue weighted by molar-refractivity contribution is 7.22. The predicted molar refractivity (Wildman–Crippen MR) is 122 cm³/mol. The number of hydrogen-bond acceptors (Lipinski definition) is 6. The van der Waals surface area contributed by atoms with Crippen molar-refractivity contribution >= 4 is 44.1 Å². The summed E-state index contributed by atoms with van der Waals surface area (Å²) in [5, 5.41) is 5.20. The zero-order chi connectivity index (χ0) is 22.7. The van der Waals surface area contributed by atoms with E-state index in [1.165, 1.54) is 19.4 Å². The Morgan fingerprint density at radius 3 is 2.75 bits per heavy atom. The molecule has 4 aromatic heterocycles. The number of methoxy groups -OCH3 is 1. The van der Waals surface area contributed by atoms with E-state index in [0.29, 0.717) is 37.2 Å². The number of aryl methyl sites for hydroxylation is 2. The van der Waals surface area contributed by atoms with Gasteiger partial charge in [0, 0.05) is 23.2 Å². The number of aromatic nitrogens is 5. The Balaban J connectivity index is 1.78. The van der Waals surface area contributed by atoms with E-state index in [-0.39, 0.29) is 10.8 Å². The molecule has 8 nitrogen and oxygen atoms in total. The molecule has 0 saturated heterocycles. The van der Waals surface area contributed by atoms with Gasteiger partial charge < -0.3 is 9.72 Å². The van der Waals surface area contributed by atoms with Gasteiger partial charge in [0.1, 0.15) is 10.2 Å². The van der Waals surface area contributed by atoms with Crippen molar-refractivity contribution in [2.45, 2.75) is 6.92 Å². The molecule has 0 aliphatic rings. The van der Waals surface area contributed by atoms with Crippen molar-refractivity contribution in [1.29, 1.82) is 0 Å². The van der Waals surface area contributed by atoms with Crippen molar-refractivity contribution in [2.75, 3.05) is 7.11 Å². The molecule has 1 aromatic carbocycles. The van der Waals surface area contributed by atoms with Crippen molar-refractivity contribution in [3.63, 3.8) is 0 Å². The lowest BCUT2D eigenvalue weighted by atomic mass is 10.1. The van der Waals surface area contributed by atoms with Gasteiger partial charge in [-0.1, -0.05) is 11.6 Å². The molecule has 11 heteroatoms. The molecule has 0 atom stereocenters. The minimum atomic E-state index is -0.604. The molecule has 5 aromatic rings. The van der Waals surface area contributed by atoms with Gasteiger partial charge in [-0.2, -0.15) is 5.10 Å². The van der Waals surface area contributed by atoms with E-state index in [1.54, 1.807) is 24.0 Å². The first-order chi connectivity index (χ1) is 15.3. The molecule has 0 amide bonds. The number of rotatable bonds is 3. The molecule has 4 heterocycles. The Kier molecular flexibility index (Phi) is 4.64. The number of H-pyrrole nitrogens is 1. The van der Waals surface area contributed by atoms with Crippen LogP contribution in [-0.2, 0) is 7.05 Å². The Hall–Kier alpha value is -3.50. The zero-order valence-electron chi connectivity index (χ0n) is 17.1. The molecule has 0 fully saturated rings. The summed E-state index contributed by atoms with van der Waals surface area (Å²) in [5.41, 5.74) is 1.46. The molecule has 0 aliphatic heterocycles. The topological polar surface area (TPSA) is 94.8 Å². The maximum atomic E-state index is 14.0. The maximum absolute atomic E-state index is 14.0. The van der Waals surface area contributed by atoms with Crippen molar-refractivity contribution in [1.82, 2.24) is 24.3 Å². The standard InChI is InChI=1S/C21H15ClFN5O3S/c1-9-18-14(26-27(9)2)7-24-8-15(18)28-20(29)19-13(25-21(28)30)6-17(32-19)10-4-16(31-3)12(23)5-11(10)22/h4-8H,1-3H3,(H,25,30). The number of ether oxygens (including phenoxy) is 1. The van der Waals surface area contributed by atoms with Crippen LogP contribution < -0.4 is 16.0 Å². The molecule has 0 aliphatic carbocycles. The molecule has 0 unspecified atom stereocenters. The molecule has 162 valence electrons. The second-order valence-corrected chi connectivity index (χ2v) is 8.61. The summed E-state index contributed by atoms with van der Waals surface area (Å²) >= 11 is 7.38. The third-order valence-corrected chi connectivity index (χ3v) is 6.80. The van der Waals surface area contributed by atoms with Crippen LogP contribution in [0.5, 0.6) is 5.75 Å². The smallest absolute Gasteiger partial charge is 0.333 e. The van der Waals surface area contributed by atoms with Crippen LogP contribution in [0.4, 0.5) is 4.39 Å². The molecule has 0 radical (unpaired) electrons. The number of thiophene rings is 1. The number of fused-ring (bicyclic) bond motifs is 2. The number of aromatic amines is 1. The minimum Gasteiger partial charge on any atom is -0.494 e. The first kappa shape index (κ1) is 20.4. The summed E-state index contributed by atoms with van der Waals surface area (Å²) < 4.78 is 22.0. The average Bonchev–Trinajstić information content (AvgIpc) is 3.29. The summed E-state index contributed by atoms with van der Waals surface area (Å²) in [5.74, 6) is -0.567. The van der Waals surface area contributed by atoms with Crippen LogP contribution >= 0.6 is 22.9 Å². The quantitative estimate of drug-likeness (QED) is 0.432. The van der Waals surface area contributed by atoms with Gasteiger partial charge in [-0.15, -0.1) is 11.3 Å². The largest absolute Gasteiger partial charge is 0.494 e. The molecule has 0 bridgehead atoms. The number of pyridine rings is 1. The summed E-state index contributed by atoms with van der Waals surface area (Å²) in [6, 6.07) is 4.25. The van der Waals surface area contributed by atoms with E-state index in [4.69, 9.17) is 16.3 Å². The average molecular weight is 472 g/mol. The molecule has 1 N–H and O–H groups in total. The van der Waals surface area contributed by atoms with Gasteiger partial charge in [0.2, 0.25) is 0 Å². The Morgan fingerprint density at radius 2 is 2.00 bits per heavy atom. The van der Waals surface area contributed by atoms with Gasteiger partial charge in [0.15, 0.2) is 11.6 Å². The number of nitrogens with zero attached hydrogens (tertiary/aromatic N) is 4. The van der Waals surface area contributed by atoms with E-state index in [0.717, 1.165) is 27.7 Å². The second-order valence-electron chi connectivity index (χ2n) is 7.15. The summed E-state index contributed by atoms with van der Waals surface area (Å²) in [6.07, 6.45) is 3.05. The second kappa shape index (κ2) is 7.28. The number of nitrogens with one attached hydrogen (secondary N) is 1. The van der Waals surface area contributed by atoms with Gasteiger partial charge >= 0.3 is 5.69 Å². The van der Waals surface area contributed by atoms with Gasteiger partial charge in [-0.3, -0.25) is 14.5 Å². The van der Waals surface area contributed by atoms with E-state index in [9.17, 15) is 14.0 Å². The Morgan fingerprint density at radius 1 is 1.22 bits per heavy atom. The lowest BCUT2D eigenvalue weighted by Gasteiger charge is -2.06.